The van der Waals surface area contributed by atoms with Crippen molar-refractivity contribution >= 4 is 7.98 Å². The summed E-state index contributed by atoms with van der Waals surface area (Å²) in [6, 6.07) is 0.449. The topological polar surface area (TPSA) is 29.3 Å². The van der Waals surface area contributed by atoms with E-state index in [9.17, 15) is 0 Å². The van der Waals surface area contributed by atoms with Gasteiger partial charge in [0.25, 0.3) is 0 Å². The van der Waals surface area contributed by atoms with Crippen LogP contribution in [-0.2, 0) is 0 Å². The molecule has 1 heterocycles. The summed E-state index contributed by atoms with van der Waals surface area (Å²) in [6.45, 7) is 2.27. The lowest BCUT2D eigenvalue weighted by molar-refractivity contribution is 0.553. The molecule has 0 aromatic heterocycles. The second kappa shape index (κ2) is 1.84. The molecule has 40 valence electrons. The maximum atomic E-state index is 5.58. The number of nitrogens with two attached hydrogens (primary N) is 1. The highest BCUT2D eigenvalue weighted by atomic mass is 15.1. The van der Waals surface area contributed by atoms with E-state index >= 15 is 0 Å². The molecule has 0 aliphatic carbocycles. The minimum absolute atomic E-state index is 0.449. The quantitative estimate of drug-likeness (QED) is 0.376. The number of hydrogen-bond donors (Lipinski definition) is 1. The molecule has 1 fully saturated rings. The molecule has 0 radical (unpaired) electrons. The molecule has 0 amide bonds. The van der Waals surface area contributed by atoms with Crippen LogP contribution in [0.3, 0.4) is 0 Å². The first-order valence-corrected chi connectivity index (χ1v) is 2.73. The lowest BCUT2D eigenvalue weighted by Gasteiger charge is -2.03. The SMILES string of the molecule is BN1CC[C@@H](N)C1. The first-order valence-electron chi connectivity index (χ1n) is 2.73. The minimum Gasteiger partial charge on any atom is -0.347 e. The molecular weight excluding hydrogens is 86.9 g/mol. The van der Waals surface area contributed by atoms with Crippen LogP contribution in [0.4, 0.5) is 0 Å². The number of hydrogen-bond acceptors (Lipinski definition) is 2. The fraction of sp³-hybridized carbons (Fsp3) is 1.00. The van der Waals surface area contributed by atoms with Gasteiger partial charge in [0.05, 0.1) is 0 Å². The Kier molecular flexibility index (Phi) is 1.35. The summed E-state index contributed by atoms with van der Waals surface area (Å²) in [5.41, 5.74) is 5.58. The van der Waals surface area contributed by atoms with E-state index in [0.29, 0.717) is 6.04 Å². The van der Waals surface area contributed by atoms with Gasteiger partial charge in [-0.2, -0.15) is 0 Å². The summed E-state index contributed by atoms with van der Waals surface area (Å²) >= 11 is 0. The molecule has 0 aromatic carbocycles. The highest BCUT2D eigenvalue weighted by Gasteiger charge is 2.13. The fourth-order valence-electron chi connectivity index (χ4n) is 0.969. The van der Waals surface area contributed by atoms with Gasteiger partial charge in [-0.3, -0.25) is 0 Å². The van der Waals surface area contributed by atoms with Gasteiger partial charge >= 0.3 is 0 Å². The van der Waals surface area contributed by atoms with Crippen LogP contribution < -0.4 is 5.73 Å². The molecule has 0 saturated carbocycles. The number of nitrogens with zero attached hydrogens (tertiary/aromatic N) is 1. The Morgan fingerprint density at radius 1 is 1.71 bits per heavy atom. The van der Waals surface area contributed by atoms with Gasteiger partial charge in [-0.25, -0.2) is 0 Å². The summed E-state index contributed by atoms with van der Waals surface area (Å²) in [7, 11) is 2.10. The van der Waals surface area contributed by atoms with Crippen LogP contribution in [0.15, 0.2) is 0 Å². The van der Waals surface area contributed by atoms with E-state index in [1.165, 1.54) is 13.0 Å². The van der Waals surface area contributed by atoms with Crippen LogP contribution in [0.1, 0.15) is 6.42 Å². The van der Waals surface area contributed by atoms with Crippen molar-refractivity contribution in [3.05, 3.63) is 0 Å². The Bertz CT molecular complexity index is 58.7. The Hall–Kier alpha value is -0.0151. The molecular formula is C4H11BN2. The summed E-state index contributed by atoms with van der Waals surface area (Å²) in [4.78, 5) is 2.25. The zero-order valence-corrected chi connectivity index (χ0v) is 4.72. The molecule has 1 aliphatic rings. The largest absolute Gasteiger partial charge is 0.347 e. The van der Waals surface area contributed by atoms with E-state index in [1.54, 1.807) is 0 Å². The van der Waals surface area contributed by atoms with Crippen LogP contribution in [0.5, 0.6) is 0 Å². The molecule has 0 aromatic rings. The van der Waals surface area contributed by atoms with Crippen LogP contribution in [0.2, 0.25) is 0 Å². The van der Waals surface area contributed by atoms with Gasteiger partial charge in [0.1, 0.15) is 0 Å². The van der Waals surface area contributed by atoms with Gasteiger partial charge in [-0.05, 0) is 13.0 Å². The average Bonchev–Trinajstić information content (AvgIpc) is 1.87. The molecule has 0 spiro atoms. The summed E-state index contributed by atoms with van der Waals surface area (Å²) in [6.07, 6.45) is 1.18. The van der Waals surface area contributed by atoms with Gasteiger partial charge in [0, 0.05) is 12.6 Å². The molecule has 7 heavy (non-hydrogen) atoms. The van der Waals surface area contributed by atoms with E-state index in [2.05, 4.69) is 12.8 Å². The van der Waals surface area contributed by atoms with Crippen LogP contribution in [-0.4, -0.2) is 31.9 Å². The predicted molar refractivity (Wildman–Crippen MR) is 32.7 cm³/mol. The molecule has 3 heteroatoms. The standard InChI is InChI=1S/C4H11BN2/c5-7-2-1-4(6)3-7/h4H,1-3,5-6H2/t4-/m1/s1. The van der Waals surface area contributed by atoms with Gasteiger partial charge < -0.3 is 10.5 Å². The van der Waals surface area contributed by atoms with Crippen molar-refractivity contribution in [3.63, 3.8) is 0 Å². The maximum Gasteiger partial charge on any atom is 0.185 e. The maximum absolute atomic E-state index is 5.58. The monoisotopic (exact) mass is 98.1 g/mol. The lowest BCUT2D eigenvalue weighted by atomic mass is 10.3. The van der Waals surface area contributed by atoms with Crippen molar-refractivity contribution in [1.29, 1.82) is 0 Å². The second-order valence-corrected chi connectivity index (χ2v) is 2.31. The van der Waals surface area contributed by atoms with Crippen LogP contribution in [0.25, 0.3) is 0 Å². The third-order valence-electron chi connectivity index (χ3n) is 1.43. The molecule has 2 N–H and O–H groups in total. The Morgan fingerprint density at radius 2 is 2.43 bits per heavy atom. The van der Waals surface area contributed by atoms with E-state index in [-0.39, 0.29) is 0 Å². The van der Waals surface area contributed by atoms with E-state index < -0.39 is 0 Å². The fourth-order valence-corrected chi connectivity index (χ4v) is 0.969. The first-order chi connectivity index (χ1) is 3.29. The number of rotatable bonds is 0. The molecule has 1 rings (SSSR count). The first kappa shape index (κ1) is 5.13. The third kappa shape index (κ3) is 1.18. The normalized spacial score (nSPS) is 34.1. The van der Waals surface area contributed by atoms with E-state index in [4.69, 9.17) is 5.73 Å². The highest BCUT2D eigenvalue weighted by Crippen LogP contribution is 2.01. The van der Waals surface area contributed by atoms with Gasteiger partial charge in [0.2, 0.25) is 0 Å². The van der Waals surface area contributed by atoms with Crippen molar-refractivity contribution in [3.8, 4) is 0 Å². The van der Waals surface area contributed by atoms with Gasteiger partial charge in [-0.15, -0.1) is 0 Å². The van der Waals surface area contributed by atoms with Crippen molar-refractivity contribution in [2.45, 2.75) is 12.5 Å². The van der Waals surface area contributed by atoms with Crippen LogP contribution >= 0.6 is 0 Å². The zero-order valence-electron chi connectivity index (χ0n) is 4.72. The smallest absolute Gasteiger partial charge is 0.185 e. The van der Waals surface area contributed by atoms with Gasteiger partial charge in [0.15, 0.2) is 7.98 Å². The summed E-state index contributed by atoms with van der Waals surface area (Å²) in [5, 5.41) is 0. The summed E-state index contributed by atoms with van der Waals surface area (Å²) < 4.78 is 0. The van der Waals surface area contributed by atoms with Gasteiger partial charge in [-0.1, -0.05) is 0 Å². The van der Waals surface area contributed by atoms with Crippen LogP contribution in [0, 0.1) is 0 Å². The molecule has 0 bridgehead atoms. The van der Waals surface area contributed by atoms with Crippen molar-refractivity contribution in [2.75, 3.05) is 13.1 Å². The van der Waals surface area contributed by atoms with E-state index in [0.717, 1.165) is 6.54 Å². The Morgan fingerprint density at radius 3 is 2.57 bits per heavy atom. The zero-order chi connectivity index (χ0) is 5.28. The molecule has 1 atom stereocenters. The lowest BCUT2D eigenvalue weighted by Crippen LogP contribution is -2.24. The molecule has 2 nitrogen and oxygen atoms in total. The predicted octanol–water partition coefficient (Wildman–Crippen LogP) is -1.43. The third-order valence-corrected chi connectivity index (χ3v) is 1.43. The van der Waals surface area contributed by atoms with Crippen molar-refractivity contribution in [2.24, 2.45) is 5.73 Å². The van der Waals surface area contributed by atoms with Crippen molar-refractivity contribution < 1.29 is 0 Å². The Labute approximate surface area is 45.1 Å². The molecule has 0 unspecified atom stereocenters. The second-order valence-electron chi connectivity index (χ2n) is 2.31. The minimum atomic E-state index is 0.449. The molecule has 1 aliphatic heterocycles. The average molecular weight is 98.0 g/mol. The Balaban J connectivity index is 2.26. The summed E-state index contributed by atoms with van der Waals surface area (Å²) in [5.74, 6) is 0. The van der Waals surface area contributed by atoms with Crippen molar-refractivity contribution in [1.82, 2.24) is 4.81 Å². The molecule has 1 saturated heterocycles. The van der Waals surface area contributed by atoms with E-state index in [1.807, 2.05) is 0 Å². The highest BCUT2D eigenvalue weighted by molar-refractivity contribution is 6.04.